The molecule has 1 aliphatic heterocycles. The highest BCUT2D eigenvalue weighted by atomic mass is 19.1. The second kappa shape index (κ2) is 7.14. The zero-order valence-electron chi connectivity index (χ0n) is 14.7. The fourth-order valence-electron chi connectivity index (χ4n) is 3.25. The van der Waals surface area contributed by atoms with Gasteiger partial charge in [0, 0.05) is 30.8 Å². The molecule has 4 rings (SSSR count). The second-order valence-electron chi connectivity index (χ2n) is 6.33. The molecule has 0 unspecified atom stereocenters. The lowest BCUT2D eigenvalue weighted by Gasteiger charge is -2.25. The fraction of sp³-hybridized carbons (Fsp3) is 0.263. The van der Waals surface area contributed by atoms with Crippen molar-refractivity contribution >= 4 is 5.91 Å². The monoisotopic (exact) mass is 367 g/mol. The van der Waals surface area contributed by atoms with Gasteiger partial charge in [0.15, 0.2) is 5.82 Å². The summed E-state index contributed by atoms with van der Waals surface area (Å²) < 4.78 is 20.3. The average molecular weight is 367 g/mol. The van der Waals surface area contributed by atoms with E-state index in [1.54, 1.807) is 30.5 Å². The zero-order chi connectivity index (χ0) is 18.8. The lowest BCUT2D eigenvalue weighted by molar-refractivity contribution is 0.0924. The summed E-state index contributed by atoms with van der Waals surface area (Å²) in [5.41, 5.74) is 1.18. The molecule has 1 aromatic carbocycles. The topological polar surface area (TPSA) is 81.9 Å². The van der Waals surface area contributed by atoms with E-state index in [0.717, 1.165) is 17.8 Å². The quantitative estimate of drug-likeness (QED) is 0.765. The van der Waals surface area contributed by atoms with E-state index in [0.29, 0.717) is 30.2 Å². The van der Waals surface area contributed by atoms with Crippen LogP contribution in [0, 0.1) is 5.82 Å². The van der Waals surface area contributed by atoms with Crippen LogP contribution in [0.3, 0.4) is 0 Å². The van der Waals surface area contributed by atoms with Gasteiger partial charge in [0.05, 0.1) is 7.11 Å². The van der Waals surface area contributed by atoms with Crippen molar-refractivity contribution in [2.45, 2.75) is 25.4 Å². The number of hydrogen-bond acceptors (Lipinski definition) is 5. The highest BCUT2D eigenvalue weighted by Crippen LogP contribution is 2.24. The van der Waals surface area contributed by atoms with Crippen LogP contribution in [0.15, 0.2) is 42.6 Å². The third-order valence-electron chi connectivity index (χ3n) is 4.59. The molecule has 3 aromatic rings. The summed E-state index contributed by atoms with van der Waals surface area (Å²) in [5.74, 6) is 1.29. The minimum Gasteiger partial charge on any atom is -0.480 e. The van der Waals surface area contributed by atoms with Gasteiger partial charge >= 0.3 is 0 Å². The number of nitrogens with zero attached hydrogens (tertiary/aromatic N) is 4. The predicted octanol–water partition coefficient (Wildman–Crippen LogP) is 2.23. The maximum absolute atomic E-state index is 13.2. The first kappa shape index (κ1) is 17.1. The van der Waals surface area contributed by atoms with E-state index in [4.69, 9.17) is 4.74 Å². The van der Waals surface area contributed by atoms with Crippen molar-refractivity contribution in [3.05, 3.63) is 59.8 Å². The Morgan fingerprint density at radius 3 is 2.85 bits per heavy atom. The minimum atomic E-state index is -0.298. The van der Waals surface area contributed by atoms with Crippen molar-refractivity contribution in [3.63, 3.8) is 0 Å². The molecule has 0 saturated carbocycles. The van der Waals surface area contributed by atoms with Crippen LogP contribution in [0.25, 0.3) is 11.4 Å². The van der Waals surface area contributed by atoms with Gasteiger partial charge in [-0.05, 0) is 42.8 Å². The van der Waals surface area contributed by atoms with Gasteiger partial charge in [-0.25, -0.2) is 9.37 Å². The van der Waals surface area contributed by atoms with Crippen LogP contribution in [0.1, 0.15) is 22.6 Å². The molecular formula is C19H18FN5O2. The van der Waals surface area contributed by atoms with Crippen molar-refractivity contribution in [2.24, 2.45) is 0 Å². The average Bonchev–Trinajstić information content (AvgIpc) is 3.11. The van der Waals surface area contributed by atoms with E-state index < -0.39 is 0 Å². The molecule has 0 spiro atoms. The smallest absolute Gasteiger partial charge is 0.257 e. The van der Waals surface area contributed by atoms with Crippen LogP contribution in [0.5, 0.6) is 5.88 Å². The number of aryl methyl sites for hydroxylation is 1. The van der Waals surface area contributed by atoms with Gasteiger partial charge in [0.1, 0.15) is 17.2 Å². The van der Waals surface area contributed by atoms with Gasteiger partial charge in [-0.2, -0.15) is 0 Å². The highest BCUT2D eigenvalue weighted by Gasteiger charge is 2.25. The Morgan fingerprint density at radius 2 is 2.07 bits per heavy atom. The number of nitrogens with one attached hydrogen (secondary N) is 1. The number of pyridine rings is 1. The van der Waals surface area contributed by atoms with Gasteiger partial charge in [-0.1, -0.05) is 0 Å². The minimum absolute atomic E-state index is 0.0786. The first-order valence-electron chi connectivity index (χ1n) is 8.63. The van der Waals surface area contributed by atoms with E-state index in [-0.39, 0.29) is 17.8 Å². The Kier molecular flexibility index (Phi) is 4.53. The number of rotatable bonds is 4. The van der Waals surface area contributed by atoms with Crippen molar-refractivity contribution in [1.29, 1.82) is 0 Å². The molecule has 0 radical (unpaired) electrons. The summed E-state index contributed by atoms with van der Waals surface area (Å²) in [5, 5.41) is 11.5. The van der Waals surface area contributed by atoms with Crippen molar-refractivity contribution in [2.75, 3.05) is 7.11 Å². The summed E-state index contributed by atoms with van der Waals surface area (Å²) in [6.45, 7) is 0.545. The molecule has 138 valence electrons. The molecule has 1 N–H and O–H groups in total. The lowest BCUT2D eigenvalue weighted by Crippen LogP contribution is -2.41. The fourth-order valence-corrected chi connectivity index (χ4v) is 3.25. The van der Waals surface area contributed by atoms with E-state index >= 15 is 0 Å². The Balaban J connectivity index is 1.54. The Morgan fingerprint density at radius 1 is 1.26 bits per heavy atom. The van der Waals surface area contributed by atoms with Crippen LogP contribution in [0.2, 0.25) is 0 Å². The first-order valence-corrected chi connectivity index (χ1v) is 8.63. The molecule has 0 aliphatic carbocycles. The largest absolute Gasteiger partial charge is 0.480 e. The summed E-state index contributed by atoms with van der Waals surface area (Å²) in [6, 6.07) is 9.44. The van der Waals surface area contributed by atoms with Gasteiger partial charge < -0.3 is 14.6 Å². The van der Waals surface area contributed by atoms with Gasteiger partial charge in [-0.3, -0.25) is 4.79 Å². The van der Waals surface area contributed by atoms with Gasteiger partial charge in [0.25, 0.3) is 5.91 Å². The molecule has 2 aromatic heterocycles. The van der Waals surface area contributed by atoms with Crippen LogP contribution >= 0.6 is 0 Å². The van der Waals surface area contributed by atoms with Crippen LogP contribution in [-0.2, 0) is 13.0 Å². The highest BCUT2D eigenvalue weighted by molar-refractivity contribution is 5.96. The molecule has 1 atom stereocenters. The van der Waals surface area contributed by atoms with Crippen molar-refractivity contribution < 1.29 is 13.9 Å². The number of amides is 1. The molecule has 0 fully saturated rings. The zero-order valence-corrected chi connectivity index (χ0v) is 14.7. The maximum atomic E-state index is 13.2. The number of carbonyl (C=O) groups is 1. The lowest BCUT2D eigenvalue weighted by atomic mass is 10.1. The molecule has 0 saturated heterocycles. The second-order valence-corrected chi connectivity index (χ2v) is 6.33. The number of halogens is 1. The van der Waals surface area contributed by atoms with Crippen LogP contribution in [-0.4, -0.2) is 38.8 Å². The molecule has 7 nitrogen and oxygen atoms in total. The summed E-state index contributed by atoms with van der Waals surface area (Å²) >= 11 is 0. The van der Waals surface area contributed by atoms with E-state index in [2.05, 4.69) is 20.5 Å². The SMILES string of the molecule is COc1ncccc1C(=O)N[C@@H]1CCc2nnc(-c3ccc(F)cc3)n2C1. The van der Waals surface area contributed by atoms with Crippen LogP contribution < -0.4 is 10.1 Å². The number of hydrogen-bond donors (Lipinski definition) is 1. The third kappa shape index (κ3) is 3.38. The molecule has 8 heteroatoms. The first-order chi connectivity index (χ1) is 13.2. The Hall–Kier alpha value is -3.29. The van der Waals surface area contributed by atoms with E-state index in [1.165, 1.54) is 19.2 Å². The van der Waals surface area contributed by atoms with Gasteiger partial charge in [0.2, 0.25) is 5.88 Å². The number of aromatic nitrogens is 4. The van der Waals surface area contributed by atoms with E-state index in [9.17, 15) is 9.18 Å². The molecule has 3 heterocycles. The van der Waals surface area contributed by atoms with Crippen LogP contribution in [0.4, 0.5) is 4.39 Å². The number of carbonyl (C=O) groups excluding carboxylic acids is 1. The van der Waals surface area contributed by atoms with Crippen molar-refractivity contribution in [1.82, 2.24) is 25.1 Å². The maximum Gasteiger partial charge on any atom is 0.257 e. The number of methoxy groups -OCH3 is 1. The molecule has 1 aliphatic rings. The Bertz CT molecular complexity index is 970. The standard InChI is InChI=1S/C19H18FN5O2/c1-27-19-15(3-2-10-21-19)18(26)22-14-8-9-16-23-24-17(25(16)11-14)12-4-6-13(20)7-5-12/h2-7,10,14H,8-9,11H2,1H3,(H,22,26)/t14-/m1/s1. The van der Waals surface area contributed by atoms with Crippen molar-refractivity contribution in [3.8, 4) is 17.3 Å². The summed E-state index contributed by atoms with van der Waals surface area (Å²) in [4.78, 5) is 16.7. The third-order valence-corrected chi connectivity index (χ3v) is 4.59. The van der Waals surface area contributed by atoms with Gasteiger partial charge in [-0.15, -0.1) is 10.2 Å². The summed E-state index contributed by atoms with van der Waals surface area (Å²) in [6.07, 6.45) is 3.04. The molecule has 27 heavy (non-hydrogen) atoms. The number of fused-ring (bicyclic) bond motifs is 1. The number of ether oxygens (including phenoxy) is 1. The Labute approximate surface area is 155 Å². The molecular weight excluding hydrogens is 349 g/mol. The van der Waals surface area contributed by atoms with E-state index in [1.807, 2.05) is 4.57 Å². The predicted molar refractivity (Wildman–Crippen MR) is 95.8 cm³/mol. The normalized spacial score (nSPS) is 15.9. The molecule has 0 bridgehead atoms. The number of benzene rings is 1. The summed E-state index contributed by atoms with van der Waals surface area (Å²) in [7, 11) is 1.48. The molecule has 1 amide bonds.